The fraction of sp³-hybridized carbons (Fsp3) is 0.333. The van der Waals surface area contributed by atoms with Crippen LogP contribution in [0.2, 0.25) is 0 Å². The average Bonchev–Trinajstić information content (AvgIpc) is 2.99. The van der Waals surface area contributed by atoms with Crippen LogP contribution in [0, 0.1) is 6.92 Å². The van der Waals surface area contributed by atoms with Gasteiger partial charge in [0.25, 0.3) is 0 Å². The molecule has 5 heteroatoms. The zero-order chi connectivity index (χ0) is 28.3. The zero-order valence-electron chi connectivity index (χ0n) is 23.9. The summed E-state index contributed by atoms with van der Waals surface area (Å²) < 4.78 is 12.3. The minimum absolute atomic E-state index is 0.150. The summed E-state index contributed by atoms with van der Waals surface area (Å²) in [5.41, 5.74) is 8.13. The molecule has 0 saturated heterocycles. The summed E-state index contributed by atoms with van der Waals surface area (Å²) in [6.07, 6.45) is 4.38. The molecule has 0 fully saturated rings. The second-order valence-electron chi connectivity index (χ2n) is 11.2. The number of carbonyl (C=O) groups excluding carboxylic acids is 2. The molecule has 0 atom stereocenters. The first-order valence-corrected chi connectivity index (χ1v) is 14.8. The standard InChI is InChI=1S/C36H37NO4/c1-3-40-33-21-27(19-20-32(33)41-23-26-17-15-24(2)16-18-26)34-35-28(11-7-13-30(35)38)37(22-25-9-5-4-6-10-25)29-12-8-14-31(39)36(29)34/h4-6,9-10,15-21,34H,3,7-8,11-14,22-23H2,1-2H3. The van der Waals surface area contributed by atoms with Crippen molar-refractivity contribution in [3.05, 3.63) is 118 Å². The second-order valence-corrected chi connectivity index (χ2v) is 11.2. The molecule has 0 aromatic heterocycles. The first kappa shape index (κ1) is 27.1. The number of benzene rings is 3. The molecule has 1 heterocycles. The molecular weight excluding hydrogens is 510 g/mol. The van der Waals surface area contributed by atoms with Gasteiger partial charge in [-0.2, -0.15) is 0 Å². The van der Waals surface area contributed by atoms with E-state index < -0.39 is 0 Å². The zero-order valence-corrected chi connectivity index (χ0v) is 23.9. The van der Waals surface area contributed by atoms with Crippen LogP contribution in [0.5, 0.6) is 11.5 Å². The van der Waals surface area contributed by atoms with Crippen molar-refractivity contribution in [2.75, 3.05) is 6.61 Å². The number of aryl methyl sites for hydroxylation is 1. The van der Waals surface area contributed by atoms with Gasteiger partial charge in [0.2, 0.25) is 0 Å². The molecule has 3 aromatic rings. The van der Waals surface area contributed by atoms with Gasteiger partial charge in [0, 0.05) is 47.8 Å². The lowest BCUT2D eigenvalue weighted by molar-refractivity contribution is -0.117. The fourth-order valence-corrected chi connectivity index (χ4v) is 6.44. The lowest BCUT2D eigenvalue weighted by atomic mass is 9.71. The fourth-order valence-electron chi connectivity index (χ4n) is 6.44. The van der Waals surface area contributed by atoms with Gasteiger partial charge >= 0.3 is 0 Å². The molecule has 210 valence electrons. The summed E-state index contributed by atoms with van der Waals surface area (Å²) in [6.45, 7) is 5.61. The van der Waals surface area contributed by atoms with Crippen LogP contribution < -0.4 is 9.47 Å². The molecule has 2 aliphatic carbocycles. The highest BCUT2D eigenvalue weighted by molar-refractivity contribution is 6.06. The smallest absolute Gasteiger partial charge is 0.161 e. The number of allylic oxidation sites excluding steroid dienone is 4. The van der Waals surface area contributed by atoms with Crippen LogP contribution in [0.25, 0.3) is 0 Å². The first-order chi connectivity index (χ1) is 20.0. The lowest BCUT2D eigenvalue weighted by Crippen LogP contribution is -2.38. The molecule has 3 aromatic carbocycles. The predicted molar refractivity (Wildman–Crippen MR) is 160 cm³/mol. The molecule has 0 unspecified atom stereocenters. The van der Waals surface area contributed by atoms with Crippen molar-refractivity contribution in [2.24, 2.45) is 0 Å². The molecule has 0 spiro atoms. The molecule has 1 aliphatic heterocycles. The highest BCUT2D eigenvalue weighted by atomic mass is 16.5. The van der Waals surface area contributed by atoms with E-state index in [1.165, 1.54) is 11.1 Å². The van der Waals surface area contributed by atoms with E-state index in [2.05, 4.69) is 48.2 Å². The van der Waals surface area contributed by atoms with Gasteiger partial charge in [-0.25, -0.2) is 0 Å². The molecule has 0 saturated carbocycles. The molecule has 41 heavy (non-hydrogen) atoms. The van der Waals surface area contributed by atoms with E-state index in [-0.39, 0.29) is 17.5 Å². The Kier molecular flexibility index (Phi) is 7.78. The summed E-state index contributed by atoms with van der Waals surface area (Å²) in [4.78, 5) is 29.7. The highest BCUT2D eigenvalue weighted by Gasteiger charge is 2.43. The van der Waals surface area contributed by atoms with Gasteiger partial charge in [0.1, 0.15) is 6.61 Å². The van der Waals surface area contributed by atoms with Crippen molar-refractivity contribution in [3.63, 3.8) is 0 Å². The van der Waals surface area contributed by atoms with Crippen LogP contribution in [-0.4, -0.2) is 23.1 Å². The topological polar surface area (TPSA) is 55.8 Å². The third kappa shape index (κ3) is 5.46. The van der Waals surface area contributed by atoms with E-state index in [4.69, 9.17) is 9.47 Å². The van der Waals surface area contributed by atoms with Crippen molar-refractivity contribution in [1.82, 2.24) is 4.90 Å². The Hall–Kier alpha value is -4.12. The van der Waals surface area contributed by atoms with Gasteiger partial charge in [0.15, 0.2) is 23.1 Å². The van der Waals surface area contributed by atoms with E-state index in [1.54, 1.807) is 0 Å². The monoisotopic (exact) mass is 547 g/mol. The Morgan fingerprint density at radius 1 is 0.732 bits per heavy atom. The first-order valence-electron chi connectivity index (χ1n) is 14.8. The number of hydrogen-bond donors (Lipinski definition) is 0. The van der Waals surface area contributed by atoms with Gasteiger partial charge in [0.05, 0.1) is 6.61 Å². The van der Waals surface area contributed by atoms with Crippen molar-refractivity contribution < 1.29 is 19.1 Å². The molecule has 5 nitrogen and oxygen atoms in total. The van der Waals surface area contributed by atoms with Crippen molar-refractivity contribution >= 4 is 11.6 Å². The van der Waals surface area contributed by atoms with E-state index >= 15 is 0 Å². The number of Topliss-reactive ketones (excluding diaryl/α,β-unsaturated/α-hetero) is 2. The maximum Gasteiger partial charge on any atom is 0.161 e. The van der Waals surface area contributed by atoms with E-state index in [1.807, 2.05) is 43.3 Å². The third-order valence-corrected chi connectivity index (χ3v) is 8.39. The Labute approximate surface area is 242 Å². The maximum atomic E-state index is 13.7. The second kappa shape index (κ2) is 11.8. The Morgan fingerprint density at radius 2 is 1.39 bits per heavy atom. The van der Waals surface area contributed by atoms with Crippen molar-refractivity contribution in [1.29, 1.82) is 0 Å². The summed E-state index contributed by atoms with van der Waals surface area (Å²) in [5, 5.41) is 0. The number of ether oxygens (including phenoxy) is 2. The number of ketones is 2. The van der Waals surface area contributed by atoms with Gasteiger partial charge in [-0.05, 0) is 68.4 Å². The normalized spacial score (nSPS) is 17.5. The summed E-state index contributed by atoms with van der Waals surface area (Å²) in [5.74, 6) is 1.22. The summed E-state index contributed by atoms with van der Waals surface area (Å²) in [6, 6.07) is 24.6. The van der Waals surface area contributed by atoms with Gasteiger partial charge in [-0.1, -0.05) is 66.2 Å². The van der Waals surface area contributed by atoms with E-state index in [0.717, 1.165) is 59.4 Å². The van der Waals surface area contributed by atoms with E-state index in [9.17, 15) is 9.59 Å². The summed E-state index contributed by atoms with van der Waals surface area (Å²) in [7, 11) is 0. The SMILES string of the molecule is CCOc1cc(C2C3=C(CCCC3=O)N(Cc3ccccc3)C3=C2C(=O)CCC3)ccc1OCc1ccc(C)cc1. The van der Waals surface area contributed by atoms with E-state index in [0.29, 0.717) is 44.1 Å². The van der Waals surface area contributed by atoms with Crippen molar-refractivity contribution in [3.8, 4) is 11.5 Å². The van der Waals surface area contributed by atoms with Crippen LogP contribution in [0.1, 0.15) is 73.6 Å². The van der Waals surface area contributed by atoms with Crippen LogP contribution in [0.3, 0.4) is 0 Å². The van der Waals surface area contributed by atoms with Gasteiger partial charge < -0.3 is 14.4 Å². The number of nitrogens with zero attached hydrogens (tertiary/aromatic N) is 1. The summed E-state index contributed by atoms with van der Waals surface area (Å²) >= 11 is 0. The molecule has 0 radical (unpaired) electrons. The maximum absolute atomic E-state index is 13.7. The molecule has 0 N–H and O–H groups in total. The Morgan fingerprint density at radius 3 is 2.02 bits per heavy atom. The lowest BCUT2D eigenvalue weighted by Gasteiger charge is -2.44. The van der Waals surface area contributed by atoms with Crippen LogP contribution in [0.4, 0.5) is 0 Å². The van der Waals surface area contributed by atoms with Crippen molar-refractivity contribution in [2.45, 2.75) is 71.4 Å². The van der Waals surface area contributed by atoms with Crippen LogP contribution in [0.15, 0.2) is 95.3 Å². The predicted octanol–water partition coefficient (Wildman–Crippen LogP) is 7.59. The number of hydrogen-bond acceptors (Lipinski definition) is 5. The molecule has 0 bridgehead atoms. The number of carbonyl (C=O) groups is 2. The van der Waals surface area contributed by atoms with Crippen LogP contribution >= 0.6 is 0 Å². The quantitative estimate of drug-likeness (QED) is 0.291. The highest BCUT2D eigenvalue weighted by Crippen LogP contribution is 2.50. The van der Waals surface area contributed by atoms with Gasteiger partial charge in [-0.15, -0.1) is 0 Å². The Bertz CT molecular complexity index is 1470. The minimum atomic E-state index is -0.377. The molecule has 3 aliphatic rings. The average molecular weight is 548 g/mol. The number of rotatable bonds is 8. The molecular formula is C36H37NO4. The van der Waals surface area contributed by atoms with Gasteiger partial charge in [-0.3, -0.25) is 9.59 Å². The third-order valence-electron chi connectivity index (χ3n) is 8.39. The van der Waals surface area contributed by atoms with Crippen LogP contribution in [-0.2, 0) is 22.7 Å². The molecule has 6 rings (SSSR count). The largest absolute Gasteiger partial charge is 0.490 e. The Balaban J connectivity index is 1.41. The minimum Gasteiger partial charge on any atom is -0.490 e. The molecule has 0 amide bonds.